The molecule has 1 aromatic rings. The molecule has 3 rings (SSSR count). The summed E-state index contributed by atoms with van der Waals surface area (Å²) in [5, 5.41) is 0. The fraction of sp³-hybridized carbons (Fsp3) is 0.706. The summed E-state index contributed by atoms with van der Waals surface area (Å²) in [6.07, 6.45) is 3.00. The largest absolute Gasteiger partial charge is 0.340 e. The highest BCUT2D eigenvalue weighted by Crippen LogP contribution is 2.23. The van der Waals surface area contributed by atoms with E-state index in [0.717, 1.165) is 30.8 Å². The van der Waals surface area contributed by atoms with Crippen LogP contribution < -0.4 is 4.90 Å². The van der Waals surface area contributed by atoms with Crippen molar-refractivity contribution in [2.45, 2.75) is 26.7 Å². The third kappa shape index (κ3) is 4.32. The van der Waals surface area contributed by atoms with Crippen LogP contribution in [0.4, 0.5) is 5.95 Å². The first kappa shape index (κ1) is 19.0. The predicted octanol–water partition coefficient (Wildman–Crippen LogP) is 0.414. The lowest BCUT2D eigenvalue weighted by Crippen LogP contribution is -2.53. The lowest BCUT2D eigenvalue weighted by atomic mass is 9.96. The Morgan fingerprint density at radius 1 is 1.08 bits per heavy atom. The van der Waals surface area contributed by atoms with Gasteiger partial charge in [-0.15, -0.1) is 0 Å². The Kier molecular flexibility index (Phi) is 5.47. The Morgan fingerprint density at radius 3 is 2.27 bits per heavy atom. The van der Waals surface area contributed by atoms with Crippen LogP contribution in [0.2, 0.25) is 0 Å². The number of carbonyl (C=O) groups excluding carboxylic acids is 1. The first-order valence-electron chi connectivity index (χ1n) is 9.05. The van der Waals surface area contributed by atoms with E-state index < -0.39 is 10.0 Å². The van der Waals surface area contributed by atoms with Crippen LogP contribution in [-0.4, -0.2) is 79.0 Å². The highest BCUT2D eigenvalue weighted by molar-refractivity contribution is 7.88. The fourth-order valence-electron chi connectivity index (χ4n) is 3.71. The SMILES string of the molecule is Cc1cc(C)nc(N2CCC[C@@H](C(=O)N3CCN(S(C)(=O)=O)CC3)C2)n1. The molecular formula is C17H27N5O3S. The predicted molar refractivity (Wildman–Crippen MR) is 99.4 cm³/mol. The number of hydrogen-bond donors (Lipinski definition) is 0. The molecule has 1 aromatic heterocycles. The lowest BCUT2D eigenvalue weighted by molar-refractivity contribution is -0.137. The molecule has 0 aliphatic carbocycles. The van der Waals surface area contributed by atoms with E-state index in [1.54, 1.807) is 4.90 Å². The van der Waals surface area contributed by atoms with Crippen molar-refractivity contribution >= 4 is 21.9 Å². The summed E-state index contributed by atoms with van der Waals surface area (Å²) in [5.74, 6) is 0.729. The molecule has 9 heteroatoms. The minimum absolute atomic E-state index is 0.0852. The Hall–Kier alpha value is -1.74. The van der Waals surface area contributed by atoms with Gasteiger partial charge in [-0.1, -0.05) is 0 Å². The second-order valence-corrected chi connectivity index (χ2v) is 9.21. The molecule has 0 spiro atoms. The van der Waals surface area contributed by atoms with Gasteiger partial charge in [-0.2, -0.15) is 4.31 Å². The number of amides is 1. The molecule has 0 bridgehead atoms. The Labute approximate surface area is 155 Å². The monoisotopic (exact) mass is 381 g/mol. The van der Waals surface area contributed by atoms with E-state index >= 15 is 0 Å². The van der Waals surface area contributed by atoms with Gasteiger partial charge in [0.05, 0.1) is 12.2 Å². The van der Waals surface area contributed by atoms with Gasteiger partial charge in [0.25, 0.3) is 0 Å². The van der Waals surface area contributed by atoms with E-state index in [0.29, 0.717) is 38.7 Å². The minimum atomic E-state index is -3.18. The smallest absolute Gasteiger partial charge is 0.227 e. The number of piperazine rings is 1. The van der Waals surface area contributed by atoms with E-state index in [2.05, 4.69) is 14.9 Å². The van der Waals surface area contributed by atoms with Gasteiger partial charge >= 0.3 is 0 Å². The van der Waals surface area contributed by atoms with Crippen molar-refractivity contribution in [3.63, 3.8) is 0 Å². The van der Waals surface area contributed by atoms with Crippen molar-refractivity contribution in [3.05, 3.63) is 17.5 Å². The summed E-state index contributed by atoms with van der Waals surface area (Å²) >= 11 is 0. The molecule has 2 aliphatic heterocycles. The molecule has 0 aromatic carbocycles. The molecule has 1 atom stereocenters. The number of rotatable bonds is 3. The molecule has 8 nitrogen and oxygen atoms in total. The zero-order chi connectivity index (χ0) is 18.9. The number of aromatic nitrogens is 2. The molecule has 0 saturated carbocycles. The molecule has 2 fully saturated rings. The number of nitrogens with zero attached hydrogens (tertiary/aromatic N) is 5. The van der Waals surface area contributed by atoms with Gasteiger partial charge in [-0.25, -0.2) is 18.4 Å². The van der Waals surface area contributed by atoms with Crippen LogP contribution in [-0.2, 0) is 14.8 Å². The summed E-state index contributed by atoms with van der Waals surface area (Å²) in [4.78, 5) is 25.8. The number of hydrogen-bond acceptors (Lipinski definition) is 6. The molecule has 0 unspecified atom stereocenters. The summed E-state index contributed by atoms with van der Waals surface area (Å²) < 4.78 is 24.7. The third-order valence-electron chi connectivity index (χ3n) is 5.04. The summed E-state index contributed by atoms with van der Waals surface area (Å²) in [6, 6.07) is 1.94. The average Bonchev–Trinajstić information content (AvgIpc) is 2.60. The Balaban J connectivity index is 1.63. The number of carbonyl (C=O) groups is 1. The van der Waals surface area contributed by atoms with Crippen molar-refractivity contribution in [3.8, 4) is 0 Å². The highest BCUT2D eigenvalue weighted by atomic mass is 32.2. The molecule has 26 heavy (non-hydrogen) atoms. The maximum absolute atomic E-state index is 12.9. The van der Waals surface area contributed by atoms with Crippen LogP contribution >= 0.6 is 0 Å². The number of aryl methyl sites for hydroxylation is 2. The third-order valence-corrected chi connectivity index (χ3v) is 6.35. The lowest BCUT2D eigenvalue weighted by Gasteiger charge is -2.38. The Morgan fingerprint density at radius 2 is 1.69 bits per heavy atom. The summed E-state index contributed by atoms with van der Waals surface area (Å²) in [7, 11) is -3.18. The van der Waals surface area contributed by atoms with E-state index in [1.165, 1.54) is 10.6 Å². The quantitative estimate of drug-likeness (QED) is 0.754. The van der Waals surface area contributed by atoms with Gasteiger partial charge in [-0.05, 0) is 32.8 Å². The van der Waals surface area contributed by atoms with Gasteiger partial charge in [-0.3, -0.25) is 4.79 Å². The number of anilines is 1. The topological polar surface area (TPSA) is 86.7 Å². The first-order valence-corrected chi connectivity index (χ1v) is 10.9. The van der Waals surface area contributed by atoms with Gasteiger partial charge in [0.15, 0.2) is 0 Å². The summed E-state index contributed by atoms with van der Waals surface area (Å²) in [5.41, 5.74) is 1.86. The Bertz CT molecular complexity index is 754. The van der Waals surface area contributed by atoms with Crippen molar-refractivity contribution in [1.29, 1.82) is 0 Å². The zero-order valence-electron chi connectivity index (χ0n) is 15.7. The fourth-order valence-corrected chi connectivity index (χ4v) is 4.53. The van der Waals surface area contributed by atoms with Crippen LogP contribution in [0.15, 0.2) is 6.07 Å². The van der Waals surface area contributed by atoms with E-state index in [4.69, 9.17) is 0 Å². The number of piperidine rings is 1. The molecule has 2 saturated heterocycles. The first-order chi connectivity index (χ1) is 12.2. The zero-order valence-corrected chi connectivity index (χ0v) is 16.5. The average molecular weight is 382 g/mol. The number of sulfonamides is 1. The van der Waals surface area contributed by atoms with Crippen molar-refractivity contribution in [2.24, 2.45) is 5.92 Å². The van der Waals surface area contributed by atoms with Crippen molar-refractivity contribution < 1.29 is 13.2 Å². The maximum Gasteiger partial charge on any atom is 0.227 e. The van der Waals surface area contributed by atoms with Gasteiger partial charge in [0.1, 0.15) is 0 Å². The van der Waals surface area contributed by atoms with Crippen LogP contribution in [0.1, 0.15) is 24.2 Å². The van der Waals surface area contributed by atoms with Crippen molar-refractivity contribution in [1.82, 2.24) is 19.2 Å². The highest BCUT2D eigenvalue weighted by Gasteiger charge is 2.33. The molecule has 0 N–H and O–H groups in total. The van der Waals surface area contributed by atoms with E-state index in [-0.39, 0.29) is 11.8 Å². The molecule has 144 valence electrons. The maximum atomic E-state index is 12.9. The normalized spacial score (nSPS) is 22.5. The second kappa shape index (κ2) is 7.48. The van der Waals surface area contributed by atoms with Crippen LogP contribution in [0.25, 0.3) is 0 Å². The van der Waals surface area contributed by atoms with Crippen LogP contribution in [0.5, 0.6) is 0 Å². The summed E-state index contributed by atoms with van der Waals surface area (Å²) in [6.45, 7) is 7.05. The molecule has 0 radical (unpaired) electrons. The van der Waals surface area contributed by atoms with Crippen LogP contribution in [0.3, 0.4) is 0 Å². The minimum Gasteiger partial charge on any atom is -0.340 e. The molecular weight excluding hydrogens is 354 g/mol. The van der Waals surface area contributed by atoms with E-state index in [1.807, 2.05) is 19.9 Å². The molecule has 1 amide bonds. The standard InChI is InChI=1S/C17H27N5O3S/c1-13-11-14(2)19-17(18-13)21-6-4-5-15(12-21)16(23)20-7-9-22(10-8-20)26(3,24)25/h11,15H,4-10,12H2,1-3H3/t15-/m1/s1. The van der Waals surface area contributed by atoms with Gasteiger partial charge in [0.2, 0.25) is 21.9 Å². The second-order valence-electron chi connectivity index (χ2n) is 7.22. The van der Waals surface area contributed by atoms with Gasteiger partial charge in [0, 0.05) is 50.7 Å². The van der Waals surface area contributed by atoms with E-state index in [9.17, 15) is 13.2 Å². The van der Waals surface area contributed by atoms with Gasteiger partial charge < -0.3 is 9.80 Å². The molecule has 3 heterocycles. The molecule has 2 aliphatic rings. The van der Waals surface area contributed by atoms with Crippen molar-refractivity contribution in [2.75, 3.05) is 50.4 Å². The van der Waals surface area contributed by atoms with Crippen LogP contribution in [0, 0.1) is 19.8 Å².